The van der Waals surface area contributed by atoms with Crippen LogP contribution < -0.4 is 5.32 Å². The third kappa shape index (κ3) is 3.99. The fourth-order valence-electron chi connectivity index (χ4n) is 2.28. The molecule has 1 atom stereocenters. The minimum Gasteiger partial charge on any atom is -0.306 e. The first-order valence-electron chi connectivity index (χ1n) is 6.84. The number of hydrogen-bond acceptors (Lipinski definition) is 1. The van der Waals surface area contributed by atoms with E-state index in [1.165, 1.54) is 16.7 Å². The van der Waals surface area contributed by atoms with Gasteiger partial charge in [0.05, 0.1) is 0 Å². The van der Waals surface area contributed by atoms with Gasteiger partial charge in [0.15, 0.2) is 0 Å². The van der Waals surface area contributed by atoms with E-state index in [2.05, 4.69) is 37.4 Å². The summed E-state index contributed by atoms with van der Waals surface area (Å²) < 4.78 is 0. The lowest BCUT2D eigenvalue weighted by molar-refractivity contribution is 0.518. The summed E-state index contributed by atoms with van der Waals surface area (Å²) in [6, 6.07) is 14.4. The number of nitrogens with one attached hydrogen (secondary N) is 1. The van der Waals surface area contributed by atoms with Crippen LogP contribution in [-0.2, 0) is 6.54 Å². The van der Waals surface area contributed by atoms with Crippen LogP contribution >= 0.6 is 23.2 Å². The van der Waals surface area contributed by atoms with Gasteiger partial charge in [-0.25, -0.2) is 0 Å². The van der Waals surface area contributed by atoms with Gasteiger partial charge >= 0.3 is 0 Å². The van der Waals surface area contributed by atoms with Crippen molar-refractivity contribution in [3.63, 3.8) is 0 Å². The summed E-state index contributed by atoms with van der Waals surface area (Å²) in [4.78, 5) is 0. The second-order valence-electron chi connectivity index (χ2n) is 4.96. The number of benzene rings is 2. The van der Waals surface area contributed by atoms with Crippen molar-refractivity contribution in [3.8, 4) is 0 Å². The van der Waals surface area contributed by atoms with Gasteiger partial charge in [-0.2, -0.15) is 0 Å². The zero-order valence-electron chi connectivity index (χ0n) is 11.8. The second kappa shape index (κ2) is 7.12. The lowest BCUT2D eigenvalue weighted by Crippen LogP contribution is -2.20. The topological polar surface area (TPSA) is 12.0 Å². The van der Waals surface area contributed by atoms with Gasteiger partial charge in [-0.1, -0.05) is 48.3 Å². The highest BCUT2D eigenvalue weighted by Gasteiger charge is 2.09. The summed E-state index contributed by atoms with van der Waals surface area (Å²) in [6.45, 7) is 5.11. The van der Waals surface area contributed by atoms with Gasteiger partial charge < -0.3 is 5.32 Å². The van der Waals surface area contributed by atoms with E-state index in [1.54, 1.807) is 0 Å². The Balaban J connectivity index is 2.05. The van der Waals surface area contributed by atoms with Crippen molar-refractivity contribution in [2.24, 2.45) is 0 Å². The van der Waals surface area contributed by atoms with Gasteiger partial charge in [0.25, 0.3) is 0 Å². The molecule has 0 aliphatic heterocycles. The molecule has 1 unspecified atom stereocenters. The molecule has 0 aliphatic rings. The average molecular weight is 308 g/mol. The molecular weight excluding hydrogens is 289 g/mol. The van der Waals surface area contributed by atoms with Crippen molar-refractivity contribution in [3.05, 3.63) is 69.2 Å². The maximum absolute atomic E-state index is 5.98. The summed E-state index contributed by atoms with van der Waals surface area (Å²) in [5, 5.41) is 5.16. The third-order valence-electron chi connectivity index (χ3n) is 3.52. The maximum Gasteiger partial charge on any atom is 0.0408 e. The molecule has 1 nitrogen and oxygen atoms in total. The van der Waals surface area contributed by atoms with Crippen molar-refractivity contribution in [1.29, 1.82) is 0 Å². The smallest absolute Gasteiger partial charge is 0.0408 e. The zero-order chi connectivity index (χ0) is 14.5. The van der Waals surface area contributed by atoms with Crippen LogP contribution in [0.2, 0.25) is 10.0 Å². The predicted molar refractivity (Wildman–Crippen MR) is 87.5 cm³/mol. The van der Waals surface area contributed by atoms with Crippen LogP contribution in [0.25, 0.3) is 0 Å². The SMILES string of the molecule is CCC(NCc1ccc(Cl)cc1C)c1ccc(Cl)cc1. The van der Waals surface area contributed by atoms with Crippen LogP contribution in [-0.4, -0.2) is 0 Å². The standard InChI is InChI=1S/C17H19Cl2N/c1-3-17(13-4-7-15(18)8-5-13)20-11-14-6-9-16(19)10-12(14)2/h4-10,17,20H,3,11H2,1-2H3. The molecule has 0 saturated carbocycles. The Labute approximate surface area is 130 Å². The Kier molecular flexibility index (Phi) is 5.47. The molecule has 3 heteroatoms. The van der Waals surface area contributed by atoms with E-state index in [0.717, 1.165) is 23.0 Å². The predicted octanol–water partition coefficient (Wildman–Crippen LogP) is 5.54. The van der Waals surface area contributed by atoms with Gasteiger partial charge in [-0.3, -0.25) is 0 Å². The summed E-state index contributed by atoms with van der Waals surface area (Å²) in [5.74, 6) is 0. The first-order valence-corrected chi connectivity index (χ1v) is 7.59. The highest BCUT2D eigenvalue weighted by molar-refractivity contribution is 6.30. The number of rotatable bonds is 5. The molecular formula is C17H19Cl2N. The summed E-state index contributed by atoms with van der Waals surface area (Å²) in [6.07, 6.45) is 1.04. The largest absolute Gasteiger partial charge is 0.306 e. The minimum absolute atomic E-state index is 0.336. The van der Waals surface area contributed by atoms with E-state index in [1.807, 2.05) is 24.3 Å². The number of aryl methyl sites for hydroxylation is 1. The Morgan fingerprint density at radius 2 is 1.65 bits per heavy atom. The van der Waals surface area contributed by atoms with E-state index in [-0.39, 0.29) is 0 Å². The average Bonchev–Trinajstić information content (AvgIpc) is 2.43. The minimum atomic E-state index is 0.336. The van der Waals surface area contributed by atoms with Crippen molar-refractivity contribution in [2.45, 2.75) is 32.9 Å². The van der Waals surface area contributed by atoms with E-state index < -0.39 is 0 Å². The van der Waals surface area contributed by atoms with Gasteiger partial charge in [-0.15, -0.1) is 0 Å². The molecule has 106 valence electrons. The van der Waals surface area contributed by atoms with Crippen molar-refractivity contribution < 1.29 is 0 Å². The second-order valence-corrected chi connectivity index (χ2v) is 5.84. The van der Waals surface area contributed by atoms with Gasteiger partial charge in [0, 0.05) is 22.6 Å². The van der Waals surface area contributed by atoms with Crippen molar-refractivity contribution >= 4 is 23.2 Å². The van der Waals surface area contributed by atoms with Crippen LogP contribution in [0, 0.1) is 6.92 Å². The molecule has 2 aromatic rings. The number of hydrogen-bond donors (Lipinski definition) is 1. The Morgan fingerprint density at radius 1 is 1.00 bits per heavy atom. The summed E-state index contributed by atoms with van der Waals surface area (Å²) in [5.41, 5.74) is 3.77. The normalized spacial score (nSPS) is 12.4. The molecule has 0 heterocycles. The Hall–Kier alpha value is -1.02. The van der Waals surface area contributed by atoms with Crippen molar-refractivity contribution in [1.82, 2.24) is 5.32 Å². The van der Waals surface area contributed by atoms with Gasteiger partial charge in [-0.05, 0) is 54.3 Å². The van der Waals surface area contributed by atoms with Crippen molar-refractivity contribution in [2.75, 3.05) is 0 Å². The van der Waals surface area contributed by atoms with Crippen LogP contribution in [0.4, 0.5) is 0 Å². The van der Waals surface area contributed by atoms with Crippen LogP contribution in [0.3, 0.4) is 0 Å². The Morgan fingerprint density at radius 3 is 2.25 bits per heavy atom. The first kappa shape index (κ1) is 15.4. The monoisotopic (exact) mass is 307 g/mol. The summed E-state index contributed by atoms with van der Waals surface area (Å²) >= 11 is 11.9. The lowest BCUT2D eigenvalue weighted by Gasteiger charge is -2.18. The highest BCUT2D eigenvalue weighted by atomic mass is 35.5. The summed E-state index contributed by atoms with van der Waals surface area (Å²) in [7, 11) is 0. The van der Waals surface area contributed by atoms with Crippen LogP contribution in [0.5, 0.6) is 0 Å². The lowest BCUT2D eigenvalue weighted by atomic mass is 10.0. The van der Waals surface area contributed by atoms with E-state index in [9.17, 15) is 0 Å². The van der Waals surface area contributed by atoms with E-state index in [0.29, 0.717) is 6.04 Å². The molecule has 1 N–H and O–H groups in total. The quantitative estimate of drug-likeness (QED) is 0.764. The van der Waals surface area contributed by atoms with Gasteiger partial charge in [0.2, 0.25) is 0 Å². The molecule has 0 bridgehead atoms. The molecule has 2 rings (SSSR count). The molecule has 0 aromatic heterocycles. The first-order chi connectivity index (χ1) is 9.60. The Bertz CT molecular complexity index is 564. The van der Waals surface area contributed by atoms with E-state index in [4.69, 9.17) is 23.2 Å². The molecule has 0 saturated heterocycles. The molecule has 0 spiro atoms. The molecule has 0 fully saturated rings. The third-order valence-corrected chi connectivity index (χ3v) is 4.01. The molecule has 0 radical (unpaired) electrons. The van der Waals surface area contributed by atoms with Crippen LogP contribution in [0.15, 0.2) is 42.5 Å². The van der Waals surface area contributed by atoms with Gasteiger partial charge in [0.1, 0.15) is 0 Å². The highest BCUT2D eigenvalue weighted by Crippen LogP contribution is 2.21. The fraction of sp³-hybridized carbons (Fsp3) is 0.294. The zero-order valence-corrected chi connectivity index (χ0v) is 13.3. The van der Waals surface area contributed by atoms with Crippen LogP contribution in [0.1, 0.15) is 36.1 Å². The molecule has 20 heavy (non-hydrogen) atoms. The molecule has 0 aliphatic carbocycles. The molecule has 2 aromatic carbocycles. The fourth-order valence-corrected chi connectivity index (χ4v) is 2.64. The molecule has 0 amide bonds. The maximum atomic E-state index is 5.98. The van der Waals surface area contributed by atoms with E-state index >= 15 is 0 Å². The number of halogens is 2.